The van der Waals surface area contributed by atoms with Crippen LogP contribution in [0.3, 0.4) is 0 Å². The highest BCUT2D eigenvalue weighted by molar-refractivity contribution is 7.91. The zero-order valence-corrected chi connectivity index (χ0v) is 18.4. The molecule has 0 aliphatic carbocycles. The van der Waals surface area contributed by atoms with Gasteiger partial charge in [0.2, 0.25) is 15.7 Å². The average molecular weight is 517 g/mol. The minimum atomic E-state index is -4.96. The number of benzene rings is 1. The number of pyridine rings is 1. The van der Waals surface area contributed by atoms with Crippen molar-refractivity contribution >= 4 is 21.6 Å². The third-order valence-corrected chi connectivity index (χ3v) is 6.66. The third kappa shape index (κ3) is 4.94. The van der Waals surface area contributed by atoms with Gasteiger partial charge in [0.25, 0.3) is 5.91 Å². The largest absolute Gasteiger partial charge is 0.471 e. The maximum atomic E-state index is 13.0. The second kappa shape index (κ2) is 9.20. The molecule has 2 aromatic heterocycles. The van der Waals surface area contributed by atoms with E-state index in [2.05, 4.69) is 19.6 Å². The van der Waals surface area contributed by atoms with E-state index in [4.69, 9.17) is 0 Å². The molecule has 0 unspecified atom stereocenters. The summed E-state index contributed by atoms with van der Waals surface area (Å²) in [6.07, 6.45) is -3.48. The van der Waals surface area contributed by atoms with E-state index in [9.17, 15) is 35.2 Å². The Morgan fingerprint density at radius 1 is 1.03 bits per heavy atom. The van der Waals surface area contributed by atoms with E-state index in [-0.39, 0.29) is 30.0 Å². The standard InChI is InChI=1S/C20H16F5N5O4S/c21-19(22)35(32,33)14-4-2-1-3-13(14)17(31)30-9-7-29(8-10-30)15-6-5-12(11-26-15)16-27-18(34-28-16)20(23,24)25/h1-6,11,19H,7-10H2. The van der Waals surface area contributed by atoms with Crippen LogP contribution in [0.1, 0.15) is 16.2 Å². The molecule has 1 amide bonds. The van der Waals surface area contributed by atoms with E-state index in [1.807, 2.05) is 0 Å². The van der Waals surface area contributed by atoms with Crippen molar-refractivity contribution in [3.8, 4) is 11.4 Å². The van der Waals surface area contributed by atoms with Crippen LogP contribution in [-0.4, -0.2) is 66.3 Å². The molecule has 0 N–H and O–H groups in total. The van der Waals surface area contributed by atoms with Gasteiger partial charge in [-0.05, 0) is 24.3 Å². The quantitative estimate of drug-likeness (QED) is 0.475. The first kappa shape index (κ1) is 24.5. The van der Waals surface area contributed by atoms with Gasteiger partial charge in [-0.2, -0.15) is 26.9 Å². The van der Waals surface area contributed by atoms with E-state index < -0.39 is 38.5 Å². The van der Waals surface area contributed by atoms with Gasteiger partial charge in [0.05, 0.1) is 10.5 Å². The summed E-state index contributed by atoms with van der Waals surface area (Å²) in [4.78, 5) is 22.8. The van der Waals surface area contributed by atoms with E-state index in [0.717, 1.165) is 6.07 Å². The molecule has 0 spiro atoms. The van der Waals surface area contributed by atoms with Crippen molar-refractivity contribution in [2.75, 3.05) is 31.1 Å². The lowest BCUT2D eigenvalue weighted by atomic mass is 10.1. The summed E-state index contributed by atoms with van der Waals surface area (Å²) in [5, 5.41) is 3.29. The maximum Gasteiger partial charge on any atom is 0.471 e. The van der Waals surface area contributed by atoms with Crippen LogP contribution in [0.4, 0.5) is 27.8 Å². The molecule has 0 radical (unpaired) electrons. The van der Waals surface area contributed by atoms with Crippen LogP contribution in [0.5, 0.6) is 0 Å². The van der Waals surface area contributed by atoms with Crippen LogP contribution in [0.2, 0.25) is 0 Å². The number of carbonyl (C=O) groups is 1. The van der Waals surface area contributed by atoms with Crippen molar-refractivity contribution in [1.82, 2.24) is 20.0 Å². The fourth-order valence-corrected chi connectivity index (χ4v) is 4.38. The maximum absolute atomic E-state index is 13.0. The van der Waals surface area contributed by atoms with Crippen LogP contribution >= 0.6 is 0 Å². The zero-order chi connectivity index (χ0) is 25.4. The number of rotatable bonds is 5. The Kier molecular flexibility index (Phi) is 6.44. The summed E-state index contributed by atoms with van der Waals surface area (Å²) < 4.78 is 92.0. The molecule has 1 aliphatic heterocycles. The van der Waals surface area contributed by atoms with Gasteiger partial charge < -0.3 is 14.3 Å². The van der Waals surface area contributed by atoms with Crippen LogP contribution in [0, 0.1) is 0 Å². The topological polar surface area (TPSA) is 110 Å². The minimum Gasteiger partial charge on any atom is -0.353 e. The molecule has 0 atom stereocenters. The number of alkyl halides is 5. The highest BCUT2D eigenvalue weighted by Gasteiger charge is 2.38. The number of aromatic nitrogens is 3. The second-order valence-electron chi connectivity index (χ2n) is 7.41. The number of anilines is 1. The molecular weight excluding hydrogens is 501 g/mol. The van der Waals surface area contributed by atoms with Gasteiger partial charge in [0.15, 0.2) is 0 Å². The minimum absolute atomic E-state index is 0.158. The van der Waals surface area contributed by atoms with Crippen molar-refractivity contribution in [2.24, 2.45) is 0 Å². The Hall–Kier alpha value is -3.62. The number of hydrogen-bond donors (Lipinski definition) is 0. The Balaban J connectivity index is 1.43. The molecule has 1 aromatic carbocycles. The predicted octanol–water partition coefficient (Wildman–Crippen LogP) is 3.11. The van der Waals surface area contributed by atoms with Crippen molar-refractivity contribution in [3.05, 3.63) is 54.0 Å². The van der Waals surface area contributed by atoms with E-state index in [0.29, 0.717) is 18.9 Å². The van der Waals surface area contributed by atoms with Crippen molar-refractivity contribution in [3.63, 3.8) is 0 Å². The van der Waals surface area contributed by atoms with Crippen molar-refractivity contribution in [1.29, 1.82) is 0 Å². The molecule has 186 valence electrons. The number of sulfone groups is 1. The van der Waals surface area contributed by atoms with Crippen molar-refractivity contribution < 1.29 is 39.7 Å². The lowest BCUT2D eigenvalue weighted by Gasteiger charge is -2.35. The molecule has 4 rings (SSSR count). The number of halogens is 5. The normalized spacial score (nSPS) is 15.0. The van der Waals surface area contributed by atoms with Gasteiger partial charge in [-0.15, -0.1) is 0 Å². The van der Waals surface area contributed by atoms with E-state index >= 15 is 0 Å². The third-order valence-electron chi connectivity index (χ3n) is 5.22. The Morgan fingerprint density at radius 2 is 1.71 bits per heavy atom. The molecule has 1 fully saturated rings. The molecule has 3 aromatic rings. The summed E-state index contributed by atoms with van der Waals surface area (Å²) in [6, 6.07) is 7.82. The molecule has 1 saturated heterocycles. The first-order valence-electron chi connectivity index (χ1n) is 10.0. The fourth-order valence-electron chi connectivity index (χ4n) is 3.46. The molecular formula is C20H16F5N5O4S. The number of piperazine rings is 1. The smallest absolute Gasteiger partial charge is 0.353 e. The molecule has 9 nitrogen and oxygen atoms in total. The first-order valence-corrected chi connectivity index (χ1v) is 11.6. The van der Waals surface area contributed by atoms with Gasteiger partial charge >= 0.3 is 17.8 Å². The highest BCUT2D eigenvalue weighted by atomic mass is 32.2. The summed E-state index contributed by atoms with van der Waals surface area (Å²) in [5.74, 6) is -5.62. The monoisotopic (exact) mass is 517 g/mol. The molecule has 0 saturated carbocycles. The summed E-state index contributed by atoms with van der Waals surface area (Å²) >= 11 is 0. The number of hydrogen-bond acceptors (Lipinski definition) is 8. The van der Waals surface area contributed by atoms with E-state index in [1.54, 1.807) is 11.0 Å². The van der Waals surface area contributed by atoms with Crippen LogP contribution < -0.4 is 4.90 Å². The number of amides is 1. The van der Waals surface area contributed by atoms with Gasteiger partial charge in [0.1, 0.15) is 5.82 Å². The summed E-state index contributed by atoms with van der Waals surface area (Å²) in [6.45, 7) is 0.904. The van der Waals surface area contributed by atoms with Crippen molar-refractivity contribution in [2.45, 2.75) is 16.8 Å². The number of nitrogens with zero attached hydrogens (tertiary/aromatic N) is 5. The fraction of sp³-hybridized carbons (Fsp3) is 0.300. The van der Waals surface area contributed by atoms with Gasteiger partial charge in [0, 0.05) is 37.9 Å². The lowest BCUT2D eigenvalue weighted by Crippen LogP contribution is -2.49. The number of carbonyl (C=O) groups excluding carboxylic acids is 1. The summed E-state index contributed by atoms with van der Waals surface area (Å²) in [7, 11) is -4.96. The Bertz CT molecular complexity index is 1320. The SMILES string of the molecule is O=C(c1ccccc1S(=O)(=O)C(F)F)N1CCN(c2ccc(-c3noc(C(F)(F)F)n3)cn2)CC1. The Labute approximate surface area is 195 Å². The van der Waals surface area contributed by atoms with Crippen LogP contribution in [0.25, 0.3) is 11.4 Å². The Morgan fingerprint density at radius 3 is 2.29 bits per heavy atom. The molecule has 15 heteroatoms. The second-order valence-corrected chi connectivity index (χ2v) is 9.29. The lowest BCUT2D eigenvalue weighted by molar-refractivity contribution is -0.159. The van der Waals surface area contributed by atoms with Gasteiger partial charge in [-0.3, -0.25) is 4.79 Å². The highest BCUT2D eigenvalue weighted by Crippen LogP contribution is 2.30. The first-order chi connectivity index (χ1) is 16.5. The van der Waals surface area contributed by atoms with Crippen LogP contribution in [-0.2, 0) is 16.0 Å². The van der Waals surface area contributed by atoms with Gasteiger partial charge in [-0.25, -0.2) is 13.4 Å². The van der Waals surface area contributed by atoms with Gasteiger partial charge in [-0.1, -0.05) is 17.3 Å². The molecule has 1 aliphatic rings. The molecule has 3 heterocycles. The summed E-state index contributed by atoms with van der Waals surface area (Å²) in [5.41, 5.74) is -0.124. The predicted molar refractivity (Wildman–Crippen MR) is 110 cm³/mol. The average Bonchev–Trinajstić information content (AvgIpc) is 3.35. The zero-order valence-electron chi connectivity index (χ0n) is 17.6. The van der Waals surface area contributed by atoms with E-state index in [1.165, 1.54) is 35.4 Å². The van der Waals surface area contributed by atoms with Crippen LogP contribution in [0.15, 0.2) is 52.0 Å². The molecule has 0 bridgehead atoms. The molecule has 35 heavy (non-hydrogen) atoms.